The van der Waals surface area contributed by atoms with Gasteiger partial charge in [0.15, 0.2) is 0 Å². The number of fused-ring (bicyclic) bond motifs is 1. The smallest absolute Gasteiger partial charge is 0.252 e. The Bertz CT molecular complexity index is 1070. The van der Waals surface area contributed by atoms with Gasteiger partial charge >= 0.3 is 0 Å². The van der Waals surface area contributed by atoms with Crippen LogP contribution in [0, 0.1) is 12.8 Å². The molecule has 2 aromatic heterocycles. The Morgan fingerprint density at radius 2 is 2.19 bits per heavy atom. The van der Waals surface area contributed by atoms with Crippen LogP contribution >= 0.6 is 22.7 Å². The maximum absolute atomic E-state index is 12.7. The Labute approximate surface area is 165 Å². The average molecular weight is 422 g/mol. The van der Waals surface area contributed by atoms with E-state index in [1.54, 1.807) is 28.8 Å². The van der Waals surface area contributed by atoms with E-state index in [1.165, 1.54) is 15.6 Å². The lowest BCUT2D eigenvalue weighted by atomic mass is 9.99. The summed E-state index contributed by atoms with van der Waals surface area (Å²) in [5.41, 5.74) is 1.63. The van der Waals surface area contributed by atoms with Crippen LogP contribution in [0.5, 0.6) is 0 Å². The number of piperidine rings is 1. The van der Waals surface area contributed by atoms with E-state index >= 15 is 0 Å². The lowest BCUT2D eigenvalue weighted by Crippen LogP contribution is -2.43. The number of rotatable bonds is 4. The molecule has 27 heavy (non-hydrogen) atoms. The predicted octanol–water partition coefficient (Wildman–Crippen LogP) is 3.71. The number of aryl methyl sites for hydroxylation is 1. The van der Waals surface area contributed by atoms with E-state index in [0.717, 1.165) is 20.9 Å². The minimum atomic E-state index is -3.52. The quantitative estimate of drug-likeness (QED) is 0.697. The highest BCUT2D eigenvalue weighted by Gasteiger charge is 2.33. The number of thiazole rings is 1. The normalized spacial score (nSPS) is 18.6. The molecule has 0 radical (unpaired) electrons. The minimum absolute atomic E-state index is 0.137. The molecule has 1 fully saturated rings. The molecular formula is C18H19N3O3S3. The molecule has 0 bridgehead atoms. The number of aromatic nitrogens is 1. The molecule has 6 nitrogen and oxygen atoms in total. The van der Waals surface area contributed by atoms with Crippen molar-refractivity contribution in [1.82, 2.24) is 9.29 Å². The molecule has 1 atom stereocenters. The number of anilines is 1. The van der Waals surface area contributed by atoms with Gasteiger partial charge in [-0.05, 0) is 49.4 Å². The molecule has 1 aliphatic heterocycles. The number of thiophene rings is 1. The lowest BCUT2D eigenvalue weighted by Gasteiger charge is -2.30. The van der Waals surface area contributed by atoms with Gasteiger partial charge in [0, 0.05) is 18.8 Å². The molecule has 142 valence electrons. The molecule has 1 aromatic carbocycles. The maximum Gasteiger partial charge on any atom is 0.252 e. The van der Waals surface area contributed by atoms with Crippen molar-refractivity contribution in [3.63, 3.8) is 0 Å². The Hall–Kier alpha value is -1.81. The molecule has 4 rings (SSSR count). The van der Waals surface area contributed by atoms with Crippen LogP contribution in [-0.4, -0.2) is 36.7 Å². The summed E-state index contributed by atoms with van der Waals surface area (Å²) in [5, 5.41) is 5.67. The van der Waals surface area contributed by atoms with Crippen LogP contribution in [0.3, 0.4) is 0 Å². The Morgan fingerprint density at radius 3 is 2.96 bits per heavy atom. The van der Waals surface area contributed by atoms with Crippen molar-refractivity contribution >= 4 is 54.5 Å². The van der Waals surface area contributed by atoms with Gasteiger partial charge in [-0.3, -0.25) is 4.79 Å². The summed E-state index contributed by atoms with van der Waals surface area (Å²) in [4.78, 5) is 17.1. The third-order valence-electron chi connectivity index (χ3n) is 4.61. The van der Waals surface area contributed by atoms with Crippen molar-refractivity contribution in [3.8, 4) is 0 Å². The van der Waals surface area contributed by atoms with E-state index in [-0.39, 0.29) is 18.4 Å². The van der Waals surface area contributed by atoms with E-state index in [4.69, 9.17) is 0 Å². The summed E-state index contributed by atoms with van der Waals surface area (Å²) >= 11 is 2.79. The zero-order chi connectivity index (χ0) is 19.0. The monoisotopic (exact) mass is 421 g/mol. The number of nitrogens with zero attached hydrogens (tertiary/aromatic N) is 2. The van der Waals surface area contributed by atoms with Gasteiger partial charge in [-0.1, -0.05) is 6.07 Å². The Kier molecular flexibility index (Phi) is 5.02. The van der Waals surface area contributed by atoms with Crippen LogP contribution in [0.2, 0.25) is 0 Å². The molecule has 9 heteroatoms. The minimum Gasteiger partial charge on any atom is -0.326 e. The second-order valence-corrected chi connectivity index (χ2v) is 10.9. The van der Waals surface area contributed by atoms with Gasteiger partial charge in [-0.15, -0.1) is 22.7 Å². The van der Waals surface area contributed by atoms with Crippen molar-refractivity contribution < 1.29 is 13.2 Å². The molecule has 0 saturated carbocycles. The van der Waals surface area contributed by atoms with Crippen LogP contribution < -0.4 is 5.32 Å². The highest BCUT2D eigenvalue weighted by molar-refractivity contribution is 7.91. The number of benzene rings is 1. The predicted molar refractivity (Wildman–Crippen MR) is 109 cm³/mol. The van der Waals surface area contributed by atoms with Crippen LogP contribution in [-0.2, 0) is 14.8 Å². The second kappa shape index (κ2) is 7.31. The van der Waals surface area contributed by atoms with E-state index in [2.05, 4.69) is 10.3 Å². The van der Waals surface area contributed by atoms with E-state index < -0.39 is 10.0 Å². The average Bonchev–Trinajstić information content (AvgIpc) is 3.30. The number of sulfonamides is 1. The number of hydrogen-bond acceptors (Lipinski definition) is 6. The first-order valence-corrected chi connectivity index (χ1v) is 11.8. The van der Waals surface area contributed by atoms with Gasteiger partial charge in [0.1, 0.15) is 4.21 Å². The maximum atomic E-state index is 12.7. The highest BCUT2D eigenvalue weighted by Crippen LogP contribution is 2.28. The largest absolute Gasteiger partial charge is 0.326 e. The number of carbonyl (C=O) groups excluding carboxylic acids is 1. The van der Waals surface area contributed by atoms with Gasteiger partial charge in [-0.2, -0.15) is 4.31 Å². The van der Waals surface area contributed by atoms with Crippen LogP contribution in [0.25, 0.3) is 10.2 Å². The van der Waals surface area contributed by atoms with E-state index in [9.17, 15) is 13.2 Å². The van der Waals surface area contributed by atoms with E-state index in [1.807, 2.05) is 25.1 Å². The SMILES string of the molecule is Cc1nc2ccc(NC(=O)[C@H]3CCCN(S(=O)(=O)c4cccs4)C3)cc2s1. The lowest BCUT2D eigenvalue weighted by molar-refractivity contribution is -0.120. The first-order valence-electron chi connectivity index (χ1n) is 8.65. The molecule has 1 amide bonds. The van der Waals surface area contributed by atoms with Gasteiger partial charge in [-0.25, -0.2) is 13.4 Å². The molecule has 0 unspecified atom stereocenters. The fraction of sp³-hybridized carbons (Fsp3) is 0.333. The Balaban J connectivity index is 1.48. The summed E-state index contributed by atoms with van der Waals surface area (Å²) in [7, 11) is -3.52. The zero-order valence-electron chi connectivity index (χ0n) is 14.7. The van der Waals surface area contributed by atoms with Gasteiger partial charge < -0.3 is 5.32 Å². The van der Waals surface area contributed by atoms with E-state index in [0.29, 0.717) is 23.6 Å². The number of carbonyl (C=O) groups is 1. The van der Waals surface area contributed by atoms with Crippen molar-refractivity contribution in [2.45, 2.75) is 24.0 Å². The summed E-state index contributed by atoms with van der Waals surface area (Å²) in [6.45, 7) is 2.62. The second-order valence-electron chi connectivity index (χ2n) is 6.54. The first-order chi connectivity index (χ1) is 12.9. The van der Waals surface area contributed by atoms with Crippen molar-refractivity contribution in [1.29, 1.82) is 0 Å². The number of hydrogen-bond donors (Lipinski definition) is 1. The van der Waals surface area contributed by atoms with Gasteiger partial charge in [0.05, 0.1) is 21.1 Å². The summed E-state index contributed by atoms with van der Waals surface area (Å²) < 4.78 is 28.2. The van der Waals surface area contributed by atoms with Crippen LogP contribution in [0.1, 0.15) is 17.8 Å². The van der Waals surface area contributed by atoms with Gasteiger partial charge in [0.25, 0.3) is 10.0 Å². The molecule has 0 aliphatic carbocycles. The van der Waals surface area contributed by atoms with Crippen molar-refractivity contribution in [3.05, 3.63) is 40.7 Å². The summed E-state index contributed by atoms with van der Waals surface area (Å²) in [6, 6.07) is 8.98. The Morgan fingerprint density at radius 1 is 1.33 bits per heavy atom. The van der Waals surface area contributed by atoms with Crippen LogP contribution in [0.4, 0.5) is 5.69 Å². The van der Waals surface area contributed by atoms with Crippen LogP contribution in [0.15, 0.2) is 39.9 Å². The standard InChI is InChI=1S/C18H19N3O3S3/c1-12-19-15-7-6-14(10-16(15)26-12)20-18(22)13-4-2-8-21(11-13)27(23,24)17-5-3-9-25-17/h3,5-7,9-10,13H,2,4,8,11H2,1H3,(H,20,22)/t13-/m0/s1. The summed E-state index contributed by atoms with van der Waals surface area (Å²) in [6.07, 6.45) is 1.36. The molecule has 3 aromatic rings. The molecule has 1 saturated heterocycles. The number of nitrogens with one attached hydrogen (secondary N) is 1. The number of amides is 1. The molecular weight excluding hydrogens is 402 g/mol. The third-order valence-corrected chi connectivity index (χ3v) is 8.78. The third kappa shape index (κ3) is 3.77. The zero-order valence-corrected chi connectivity index (χ0v) is 17.2. The first kappa shape index (κ1) is 18.5. The van der Waals surface area contributed by atoms with Crippen molar-refractivity contribution in [2.75, 3.05) is 18.4 Å². The highest BCUT2D eigenvalue weighted by atomic mass is 32.2. The van der Waals surface area contributed by atoms with Gasteiger partial charge in [0.2, 0.25) is 5.91 Å². The molecule has 1 N–H and O–H groups in total. The fourth-order valence-electron chi connectivity index (χ4n) is 3.27. The molecule has 0 spiro atoms. The van der Waals surface area contributed by atoms with Crippen molar-refractivity contribution in [2.24, 2.45) is 5.92 Å². The fourth-order valence-corrected chi connectivity index (χ4v) is 6.81. The molecule has 1 aliphatic rings. The summed E-state index contributed by atoms with van der Waals surface area (Å²) in [5.74, 6) is -0.492. The molecule has 3 heterocycles. The topological polar surface area (TPSA) is 79.4 Å².